The molecule has 0 saturated heterocycles. The lowest BCUT2D eigenvalue weighted by Crippen LogP contribution is -2.56. The summed E-state index contributed by atoms with van der Waals surface area (Å²) in [5, 5.41) is 12.2. The number of rotatable bonds is 5. The highest BCUT2D eigenvalue weighted by Gasteiger charge is 2.43. The molecule has 1 amide bonds. The first-order chi connectivity index (χ1) is 9.97. The summed E-state index contributed by atoms with van der Waals surface area (Å²) in [6.07, 6.45) is 4.70. The Labute approximate surface area is 128 Å². The maximum Gasteiger partial charge on any atom is 0.329 e. The van der Waals surface area contributed by atoms with Crippen LogP contribution in [0.4, 0.5) is 0 Å². The van der Waals surface area contributed by atoms with E-state index >= 15 is 0 Å². The lowest BCUT2D eigenvalue weighted by molar-refractivity contribution is -0.146. The molecule has 5 nitrogen and oxygen atoms in total. The van der Waals surface area contributed by atoms with Crippen molar-refractivity contribution in [3.63, 3.8) is 0 Å². The van der Waals surface area contributed by atoms with Crippen molar-refractivity contribution < 1.29 is 19.1 Å². The summed E-state index contributed by atoms with van der Waals surface area (Å²) in [7, 11) is 0. The minimum Gasteiger partial charge on any atom is -0.480 e. The van der Waals surface area contributed by atoms with Crippen LogP contribution in [-0.2, 0) is 10.5 Å². The van der Waals surface area contributed by atoms with Gasteiger partial charge in [-0.1, -0.05) is 19.8 Å². The smallest absolute Gasteiger partial charge is 0.329 e. The highest BCUT2D eigenvalue weighted by Crippen LogP contribution is 2.33. The molecule has 0 spiro atoms. The van der Waals surface area contributed by atoms with Gasteiger partial charge in [0.1, 0.15) is 11.3 Å². The summed E-state index contributed by atoms with van der Waals surface area (Å²) in [4.78, 5) is 23.9. The molecule has 0 aliphatic heterocycles. The molecule has 1 aromatic rings. The van der Waals surface area contributed by atoms with Gasteiger partial charge in [-0.2, -0.15) is 11.8 Å². The van der Waals surface area contributed by atoms with Crippen LogP contribution in [0.3, 0.4) is 0 Å². The van der Waals surface area contributed by atoms with Gasteiger partial charge in [0, 0.05) is 0 Å². The molecule has 21 heavy (non-hydrogen) atoms. The summed E-state index contributed by atoms with van der Waals surface area (Å²) in [5.41, 5.74) is -1.17. The third-order valence-electron chi connectivity index (χ3n) is 3.93. The van der Waals surface area contributed by atoms with Crippen molar-refractivity contribution in [2.45, 2.75) is 43.9 Å². The zero-order valence-electron chi connectivity index (χ0n) is 12.3. The highest BCUT2D eigenvalue weighted by molar-refractivity contribution is 7.97. The van der Waals surface area contributed by atoms with Crippen LogP contribution in [0.1, 0.15) is 48.9 Å². The SMILES string of the molecule is CSCc1ccc(C(=O)NC2(C(=O)O)CCCC(C)C2)o1. The van der Waals surface area contributed by atoms with Crippen LogP contribution in [0.15, 0.2) is 16.5 Å². The standard InChI is InChI=1S/C15H21NO4S/c1-10-4-3-7-15(8-10,14(18)19)16-13(17)12-6-5-11(20-12)9-21-2/h5-6,10H,3-4,7-9H2,1-2H3,(H,16,17)(H,18,19). The fourth-order valence-corrected chi connectivity index (χ4v) is 3.35. The fraction of sp³-hybridized carbons (Fsp3) is 0.600. The molecule has 2 N–H and O–H groups in total. The maximum absolute atomic E-state index is 12.3. The number of hydrogen-bond acceptors (Lipinski definition) is 4. The van der Waals surface area contributed by atoms with E-state index in [9.17, 15) is 14.7 Å². The topological polar surface area (TPSA) is 79.5 Å². The number of carboxylic acid groups (broad SMARTS) is 1. The predicted octanol–water partition coefficient (Wildman–Crippen LogP) is 2.91. The van der Waals surface area contributed by atoms with Crippen LogP contribution in [-0.4, -0.2) is 28.8 Å². The van der Waals surface area contributed by atoms with Crippen LogP contribution in [0.25, 0.3) is 0 Å². The van der Waals surface area contributed by atoms with E-state index in [4.69, 9.17) is 4.42 Å². The molecular formula is C15H21NO4S. The molecule has 2 rings (SSSR count). The van der Waals surface area contributed by atoms with Crippen molar-refractivity contribution in [1.29, 1.82) is 0 Å². The Bertz CT molecular complexity index is 527. The van der Waals surface area contributed by atoms with Crippen LogP contribution in [0.2, 0.25) is 0 Å². The largest absolute Gasteiger partial charge is 0.480 e. The lowest BCUT2D eigenvalue weighted by atomic mass is 9.76. The third kappa shape index (κ3) is 3.61. The Morgan fingerprint density at radius 1 is 1.52 bits per heavy atom. The minimum absolute atomic E-state index is 0.179. The number of nitrogens with one attached hydrogen (secondary N) is 1. The zero-order valence-corrected chi connectivity index (χ0v) is 13.2. The Morgan fingerprint density at radius 3 is 2.90 bits per heavy atom. The molecule has 1 aromatic heterocycles. The first kappa shape index (κ1) is 15.9. The van der Waals surface area contributed by atoms with E-state index in [0.717, 1.165) is 12.8 Å². The van der Waals surface area contributed by atoms with Crippen molar-refractivity contribution in [3.8, 4) is 0 Å². The molecule has 6 heteroatoms. The van der Waals surface area contributed by atoms with Crippen LogP contribution >= 0.6 is 11.8 Å². The van der Waals surface area contributed by atoms with Gasteiger partial charge in [-0.25, -0.2) is 4.79 Å². The summed E-state index contributed by atoms with van der Waals surface area (Å²) in [6, 6.07) is 3.35. The van der Waals surface area contributed by atoms with Gasteiger partial charge in [-0.3, -0.25) is 4.79 Å². The minimum atomic E-state index is -1.17. The molecule has 2 unspecified atom stereocenters. The Kier molecular flexibility index (Phi) is 4.98. The average Bonchev–Trinajstić information content (AvgIpc) is 2.87. The fourth-order valence-electron chi connectivity index (χ4n) is 2.91. The molecule has 1 aliphatic rings. The monoisotopic (exact) mass is 311 g/mol. The van der Waals surface area contributed by atoms with E-state index in [1.54, 1.807) is 23.9 Å². The van der Waals surface area contributed by atoms with Gasteiger partial charge in [0.25, 0.3) is 5.91 Å². The first-order valence-electron chi connectivity index (χ1n) is 7.10. The zero-order chi connectivity index (χ0) is 15.5. The maximum atomic E-state index is 12.3. The first-order valence-corrected chi connectivity index (χ1v) is 8.50. The summed E-state index contributed by atoms with van der Waals surface area (Å²) >= 11 is 1.60. The van der Waals surface area contributed by atoms with E-state index < -0.39 is 17.4 Å². The second-order valence-corrected chi connectivity index (χ2v) is 6.61. The number of carbonyl (C=O) groups excluding carboxylic acids is 1. The Morgan fingerprint density at radius 2 is 2.29 bits per heavy atom. The van der Waals surface area contributed by atoms with Gasteiger partial charge < -0.3 is 14.8 Å². The lowest BCUT2D eigenvalue weighted by Gasteiger charge is -2.36. The molecule has 0 bridgehead atoms. The average molecular weight is 311 g/mol. The van der Waals surface area contributed by atoms with E-state index in [0.29, 0.717) is 30.3 Å². The van der Waals surface area contributed by atoms with Crippen molar-refractivity contribution in [1.82, 2.24) is 5.32 Å². The molecule has 1 fully saturated rings. The number of hydrogen-bond donors (Lipinski definition) is 2. The third-order valence-corrected chi connectivity index (χ3v) is 4.50. The number of amides is 1. The summed E-state index contributed by atoms with van der Waals surface area (Å²) in [6.45, 7) is 2.02. The van der Waals surface area contributed by atoms with Crippen LogP contribution in [0.5, 0.6) is 0 Å². The van der Waals surface area contributed by atoms with Gasteiger partial charge >= 0.3 is 5.97 Å². The van der Waals surface area contributed by atoms with Gasteiger partial charge in [0.2, 0.25) is 0 Å². The van der Waals surface area contributed by atoms with Crippen molar-refractivity contribution >= 4 is 23.6 Å². The quantitative estimate of drug-likeness (QED) is 0.874. The molecule has 116 valence electrons. The number of carbonyl (C=O) groups is 2. The normalized spacial score (nSPS) is 25.5. The number of aliphatic carboxylic acids is 1. The Balaban J connectivity index is 2.12. The second-order valence-electron chi connectivity index (χ2n) is 5.74. The van der Waals surface area contributed by atoms with Crippen molar-refractivity contribution in [2.24, 2.45) is 5.92 Å². The van der Waals surface area contributed by atoms with Gasteiger partial charge in [0.05, 0.1) is 5.75 Å². The molecule has 0 aromatic carbocycles. The van der Waals surface area contributed by atoms with Crippen molar-refractivity contribution in [2.75, 3.05) is 6.26 Å². The van der Waals surface area contributed by atoms with E-state index in [2.05, 4.69) is 5.32 Å². The van der Waals surface area contributed by atoms with Gasteiger partial charge in [-0.05, 0) is 37.1 Å². The summed E-state index contributed by atoms with van der Waals surface area (Å²) < 4.78 is 5.45. The molecule has 1 aliphatic carbocycles. The predicted molar refractivity (Wildman–Crippen MR) is 81.4 cm³/mol. The summed E-state index contributed by atoms with van der Waals surface area (Å²) in [5.74, 6) is 0.469. The molecule has 2 atom stereocenters. The number of furan rings is 1. The van der Waals surface area contributed by atoms with E-state index in [1.807, 2.05) is 13.2 Å². The molecule has 0 radical (unpaired) electrons. The number of carboxylic acids is 1. The van der Waals surface area contributed by atoms with E-state index in [-0.39, 0.29) is 5.76 Å². The second kappa shape index (κ2) is 6.56. The van der Waals surface area contributed by atoms with E-state index in [1.165, 1.54) is 0 Å². The van der Waals surface area contributed by atoms with Crippen LogP contribution in [0, 0.1) is 5.92 Å². The van der Waals surface area contributed by atoms with Gasteiger partial charge in [-0.15, -0.1) is 0 Å². The Hall–Kier alpha value is -1.43. The molecule has 1 saturated carbocycles. The van der Waals surface area contributed by atoms with Gasteiger partial charge in [0.15, 0.2) is 5.76 Å². The molecule has 1 heterocycles. The highest BCUT2D eigenvalue weighted by atomic mass is 32.2. The van der Waals surface area contributed by atoms with Crippen molar-refractivity contribution in [3.05, 3.63) is 23.7 Å². The number of thioether (sulfide) groups is 1. The molecular weight excluding hydrogens is 290 g/mol. The van der Waals surface area contributed by atoms with Crippen LogP contribution < -0.4 is 5.32 Å².